The molecule has 0 atom stereocenters. The summed E-state index contributed by atoms with van der Waals surface area (Å²) in [5.41, 5.74) is 1.78. The third kappa shape index (κ3) is 3.76. The van der Waals surface area contributed by atoms with Crippen LogP contribution >= 0.6 is 11.6 Å². The van der Waals surface area contributed by atoms with Crippen LogP contribution in [0.3, 0.4) is 0 Å². The van der Waals surface area contributed by atoms with Crippen LogP contribution in [0.25, 0.3) is 5.57 Å². The highest BCUT2D eigenvalue weighted by Crippen LogP contribution is 2.40. The van der Waals surface area contributed by atoms with E-state index in [0.717, 1.165) is 25.9 Å². The average Bonchev–Trinajstić information content (AvgIpc) is 3.04. The molecule has 4 rings (SSSR count). The van der Waals surface area contributed by atoms with Gasteiger partial charge >= 0.3 is 0 Å². The van der Waals surface area contributed by atoms with Crippen molar-refractivity contribution in [3.05, 3.63) is 58.7 Å². The van der Waals surface area contributed by atoms with Gasteiger partial charge in [-0.1, -0.05) is 36.7 Å². The summed E-state index contributed by atoms with van der Waals surface area (Å²) >= 11 is 6.35. The number of carbonyl (C=O) groups is 2. The van der Waals surface area contributed by atoms with Gasteiger partial charge in [-0.05, 0) is 48.6 Å². The molecule has 2 aliphatic rings. The van der Waals surface area contributed by atoms with E-state index in [1.165, 1.54) is 4.90 Å². The Morgan fingerprint density at radius 2 is 1.61 bits per heavy atom. The molecular formula is C24H25ClN2O4. The Balaban J connectivity index is 1.85. The first-order chi connectivity index (χ1) is 15.0. The molecule has 2 aromatic carbocycles. The van der Waals surface area contributed by atoms with E-state index < -0.39 is 0 Å². The lowest BCUT2D eigenvalue weighted by Gasteiger charge is -2.32. The van der Waals surface area contributed by atoms with E-state index in [4.69, 9.17) is 21.1 Å². The standard InChI is InChI=1S/C24H25ClN2O4/c1-15-10-12-26(13-11-15)22-21(16-8-9-19(30-2)20(14-16)31-3)23(28)27(24(22)29)18-7-5-4-6-17(18)25/h4-9,14-15H,10-13H2,1-3H3. The van der Waals surface area contributed by atoms with Crippen LogP contribution in [0.15, 0.2) is 48.2 Å². The van der Waals surface area contributed by atoms with Crippen LogP contribution in [-0.4, -0.2) is 44.0 Å². The largest absolute Gasteiger partial charge is 0.493 e. The Morgan fingerprint density at radius 1 is 0.935 bits per heavy atom. The average molecular weight is 441 g/mol. The summed E-state index contributed by atoms with van der Waals surface area (Å²) in [6.07, 6.45) is 1.94. The van der Waals surface area contributed by atoms with Crippen molar-refractivity contribution in [2.75, 3.05) is 32.2 Å². The number of likely N-dealkylation sites (tertiary alicyclic amines) is 1. The Bertz CT molecular complexity index is 1060. The molecule has 2 heterocycles. The van der Waals surface area contributed by atoms with Gasteiger partial charge in [0.05, 0.1) is 30.5 Å². The Labute approximate surface area is 187 Å². The van der Waals surface area contributed by atoms with Crippen LogP contribution in [0.5, 0.6) is 11.5 Å². The highest BCUT2D eigenvalue weighted by atomic mass is 35.5. The fourth-order valence-electron chi connectivity index (χ4n) is 4.15. The SMILES string of the molecule is COc1ccc(C2=C(N3CCC(C)CC3)C(=O)N(c3ccccc3Cl)C2=O)cc1OC. The molecule has 6 nitrogen and oxygen atoms in total. The Morgan fingerprint density at radius 3 is 2.26 bits per heavy atom. The predicted molar refractivity (Wildman–Crippen MR) is 120 cm³/mol. The van der Waals surface area contributed by atoms with Crippen LogP contribution in [-0.2, 0) is 9.59 Å². The first kappa shape index (κ1) is 21.2. The van der Waals surface area contributed by atoms with E-state index in [1.54, 1.807) is 56.7 Å². The number of anilines is 1. The van der Waals surface area contributed by atoms with E-state index in [1.807, 2.05) is 4.90 Å². The van der Waals surface area contributed by atoms with Gasteiger partial charge in [0, 0.05) is 13.1 Å². The number of imide groups is 1. The zero-order chi connectivity index (χ0) is 22.1. The van der Waals surface area contributed by atoms with Gasteiger partial charge in [0.1, 0.15) is 5.70 Å². The third-order valence-corrected chi connectivity index (χ3v) is 6.24. The van der Waals surface area contributed by atoms with Gasteiger partial charge in [0.2, 0.25) is 0 Å². The zero-order valence-corrected chi connectivity index (χ0v) is 18.6. The molecule has 162 valence electrons. The fourth-order valence-corrected chi connectivity index (χ4v) is 4.37. The smallest absolute Gasteiger partial charge is 0.282 e. The predicted octanol–water partition coefficient (Wildman–Crippen LogP) is 4.37. The second-order valence-corrected chi connectivity index (χ2v) is 8.27. The van der Waals surface area contributed by atoms with Crippen molar-refractivity contribution in [1.82, 2.24) is 4.90 Å². The molecule has 2 aliphatic heterocycles. The summed E-state index contributed by atoms with van der Waals surface area (Å²) in [6.45, 7) is 3.66. The zero-order valence-electron chi connectivity index (χ0n) is 17.9. The summed E-state index contributed by atoms with van der Waals surface area (Å²) in [7, 11) is 3.10. The number of hydrogen-bond donors (Lipinski definition) is 0. The number of rotatable bonds is 5. The molecule has 2 aromatic rings. The van der Waals surface area contributed by atoms with E-state index in [9.17, 15) is 9.59 Å². The number of benzene rings is 2. The van der Waals surface area contributed by atoms with Gasteiger partial charge in [-0.15, -0.1) is 0 Å². The number of ether oxygens (including phenoxy) is 2. The number of amides is 2. The second-order valence-electron chi connectivity index (χ2n) is 7.86. The number of hydrogen-bond acceptors (Lipinski definition) is 5. The number of para-hydroxylation sites is 1. The summed E-state index contributed by atoms with van der Waals surface area (Å²) in [5.74, 6) is 0.903. The fraction of sp³-hybridized carbons (Fsp3) is 0.333. The van der Waals surface area contributed by atoms with Crippen LogP contribution in [0, 0.1) is 5.92 Å². The maximum atomic E-state index is 13.6. The van der Waals surface area contributed by atoms with E-state index in [2.05, 4.69) is 6.92 Å². The minimum Gasteiger partial charge on any atom is -0.493 e. The van der Waals surface area contributed by atoms with Crippen molar-refractivity contribution in [2.24, 2.45) is 5.92 Å². The number of methoxy groups -OCH3 is 2. The van der Waals surface area contributed by atoms with Crippen LogP contribution < -0.4 is 14.4 Å². The summed E-state index contributed by atoms with van der Waals surface area (Å²) in [6, 6.07) is 12.2. The van der Waals surface area contributed by atoms with E-state index in [-0.39, 0.29) is 11.8 Å². The van der Waals surface area contributed by atoms with Gasteiger partial charge < -0.3 is 14.4 Å². The van der Waals surface area contributed by atoms with E-state index in [0.29, 0.717) is 45.0 Å². The first-order valence-corrected chi connectivity index (χ1v) is 10.7. The molecule has 7 heteroatoms. The number of nitrogens with zero attached hydrogens (tertiary/aromatic N) is 2. The van der Waals surface area contributed by atoms with Crippen molar-refractivity contribution in [3.8, 4) is 11.5 Å². The summed E-state index contributed by atoms with van der Waals surface area (Å²) in [4.78, 5) is 30.4. The molecule has 0 radical (unpaired) electrons. The number of carbonyl (C=O) groups excluding carboxylic acids is 2. The van der Waals surface area contributed by atoms with Gasteiger partial charge in [0.25, 0.3) is 11.8 Å². The Hall–Kier alpha value is -2.99. The number of halogens is 1. The van der Waals surface area contributed by atoms with Crippen molar-refractivity contribution in [3.63, 3.8) is 0 Å². The van der Waals surface area contributed by atoms with Crippen LogP contribution in [0.2, 0.25) is 5.02 Å². The molecule has 0 spiro atoms. The summed E-state index contributed by atoms with van der Waals surface area (Å²) in [5, 5.41) is 0.351. The van der Waals surface area contributed by atoms with Gasteiger partial charge in [-0.2, -0.15) is 0 Å². The lowest BCUT2D eigenvalue weighted by molar-refractivity contribution is -0.120. The van der Waals surface area contributed by atoms with Crippen molar-refractivity contribution < 1.29 is 19.1 Å². The summed E-state index contributed by atoms with van der Waals surface area (Å²) < 4.78 is 10.8. The number of piperidine rings is 1. The van der Waals surface area contributed by atoms with Crippen LogP contribution in [0.4, 0.5) is 5.69 Å². The molecule has 1 saturated heterocycles. The minimum absolute atomic E-state index is 0.350. The molecule has 1 fully saturated rings. The Kier molecular flexibility index (Phi) is 5.92. The monoisotopic (exact) mass is 440 g/mol. The molecule has 0 saturated carbocycles. The van der Waals surface area contributed by atoms with E-state index >= 15 is 0 Å². The minimum atomic E-state index is -0.390. The molecule has 0 N–H and O–H groups in total. The second kappa shape index (κ2) is 8.63. The molecular weight excluding hydrogens is 416 g/mol. The lowest BCUT2D eigenvalue weighted by Crippen LogP contribution is -2.38. The first-order valence-electron chi connectivity index (χ1n) is 10.3. The normalized spacial score (nSPS) is 17.5. The third-order valence-electron chi connectivity index (χ3n) is 5.92. The van der Waals surface area contributed by atoms with Gasteiger partial charge in [0.15, 0.2) is 11.5 Å². The molecule has 0 bridgehead atoms. The molecule has 0 aromatic heterocycles. The lowest BCUT2D eigenvalue weighted by atomic mass is 9.97. The molecule has 0 aliphatic carbocycles. The van der Waals surface area contributed by atoms with Crippen molar-refractivity contribution in [1.29, 1.82) is 0 Å². The van der Waals surface area contributed by atoms with Gasteiger partial charge in [-0.3, -0.25) is 9.59 Å². The maximum absolute atomic E-state index is 13.6. The molecule has 31 heavy (non-hydrogen) atoms. The topological polar surface area (TPSA) is 59.1 Å². The quantitative estimate of drug-likeness (QED) is 0.646. The highest BCUT2D eigenvalue weighted by Gasteiger charge is 2.43. The van der Waals surface area contributed by atoms with Gasteiger partial charge in [-0.25, -0.2) is 4.90 Å². The maximum Gasteiger partial charge on any atom is 0.282 e. The van der Waals surface area contributed by atoms with Crippen molar-refractivity contribution >= 4 is 34.7 Å². The molecule has 0 unspecified atom stereocenters. The van der Waals surface area contributed by atoms with Crippen molar-refractivity contribution in [2.45, 2.75) is 19.8 Å². The molecule has 2 amide bonds. The van der Waals surface area contributed by atoms with Crippen LogP contribution in [0.1, 0.15) is 25.3 Å². The highest BCUT2D eigenvalue weighted by molar-refractivity contribution is 6.47.